The van der Waals surface area contributed by atoms with E-state index in [0.29, 0.717) is 22.0 Å². The summed E-state index contributed by atoms with van der Waals surface area (Å²) >= 11 is 0.910. The molecule has 0 unspecified atom stereocenters. The van der Waals surface area contributed by atoms with E-state index < -0.39 is 0 Å². The molecule has 1 aromatic rings. The SMILES string of the molecule is C=CCN1C(=O)S/C(=C\c2ccc(OC)cc2OC)C1=O. The molecule has 1 fully saturated rings. The minimum Gasteiger partial charge on any atom is -0.497 e. The van der Waals surface area contributed by atoms with E-state index in [-0.39, 0.29) is 17.7 Å². The topological polar surface area (TPSA) is 55.8 Å². The maximum absolute atomic E-state index is 12.1. The molecule has 0 atom stereocenters. The molecule has 1 saturated heterocycles. The number of ether oxygens (including phenoxy) is 2. The Hall–Kier alpha value is -2.21. The maximum Gasteiger partial charge on any atom is 0.293 e. The number of thioether (sulfide) groups is 1. The quantitative estimate of drug-likeness (QED) is 0.618. The van der Waals surface area contributed by atoms with Gasteiger partial charge in [-0.2, -0.15) is 0 Å². The van der Waals surface area contributed by atoms with Crippen molar-refractivity contribution in [1.29, 1.82) is 0 Å². The molecule has 110 valence electrons. The van der Waals surface area contributed by atoms with Crippen LogP contribution >= 0.6 is 11.8 Å². The zero-order valence-electron chi connectivity index (χ0n) is 11.8. The first-order valence-corrected chi connectivity index (χ1v) is 7.00. The van der Waals surface area contributed by atoms with Gasteiger partial charge in [-0.05, 0) is 30.0 Å². The van der Waals surface area contributed by atoms with Crippen LogP contribution in [0.1, 0.15) is 5.56 Å². The average Bonchev–Trinajstić information content (AvgIpc) is 2.75. The van der Waals surface area contributed by atoms with Crippen molar-refractivity contribution in [2.45, 2.75) is 0 Å². The first-order chi connectivity index (χ1) is 10.1. The van der Waals surface area contributed by atoms with E-state index in [9.17, 15) is 9.59 Å². The summed E-state index contributed by atoms with van der Waals surface area (Å²) in [5, 5.41) is -0.293. The summed E-state index contributed by atoms with van der Waals surface area (Å²) in [6, 6.07) is 5.27. The summed E-state index contributed by atoms with van der Waals surface area (Å²) < 4.78 is 10.4. The number of hydrogen-bond acceptors (Lipinski definition) is 5. The van der Waals surface area contributed by atoms with Crippen molar-refractivity contribution < 1.29 is 19.1 Å². The summed E-state index contributed by atoms with van der Waals surface area (Å²) in [5.74, 6) is 0.913. The van der Waals surface area contributed by atoms with Crippen LogP contribution in [0.3, 0.4) is 0 Å². The standard InChI is InChI=1S/C15H15NO4S/c1-4-7-16-14(17)13(21-15(16)18)8-10-5-6-11(19-2)9-12(10)20-3/h4-6,8-9H,1,7H2,2-3H3/b13-8-. The molecule has 1 aliphatic rings. The molecule has 0 radical (unpaired) electrons. The first-order valence-electron chi connectivity index (χ1n) is 6.19. The van der Waals surface area contributed by atoms with Gasteiger partial charge in [0, 0.05) is 18.2 Å². The van der Waals surface area contributed by atoms with Gasteiger partial charge in [0.25, 0.3) is 11.1 Å². The summed E-state index contributed by atoms with van der Waals surface area (Å²) in [7, 11) is 3.10. The Balaban J connectivity index is 2.34. The molecule has 0 spiro atoms. The second-order valence-electron chi connectivity index (χ2n) is 4.19. The van der Waals surface area contributed by atoms with E-state index in [1.54, 1.807) is 31.4 Å². The lowest BCUT2D eigenvalue weighted by atomic mass is 10.1. The van der Waals surface area contributed by atoms with Gasteiger partial charge in [-0.1, -0.05) is 6.08 Å². The molecular weight excluding hydrogens is 290 g/mol. The molecule has 0 bridgehead atoms. The van der Waals surface area contributed by atoms with Gasteiger partial charge in [0.2, 0.25) is 0 Å². The van der Waals surface area contributed by atoms with Crippen molar-refractivity contribution in [2.24, 2.45) is 0 Å². The summed E-state index contributed by atoms with van der Waals surface area (Å²) in [6.45, 7) is 3.75. The lowest BCUT2D eigenvalue weighted by molar-refractivity contribution is -0.122. The van der Waals surface area contributed by atoms with Crippen molar-refractivity contribution >= 4 is 29.0 Å². The third-order valence-electron chi connectivity index (χ3n) is 2.91. The zero-order valence-corrected chi connectivity index (χ0v) is 12.6. The maximum atomic E-state index is 12.1. The predicted octanol–water partition coefficient (Wildman–Crippen LogP) is 2.93. The average molecular weight is 305 g/mol. The number of imide groups is 1. The minimum atomic E-state index is -0.317. The van der Waals surface area contributed by atoms with Gasteiger partial charge in [-0.25, -0.2) is 0 Å². The van der Waals surface area contributed by atoms with Gasteiger partial charge in [-0.3, -0.25) is 14.5 Å². The predicted molar refractivity (Wildman–Crippen MR) is 82.4 cm³/mol. The summed E-state index contributed by atoms with van der Waals surface area (Å²) in [5.41, 5.74) is 0.711. The Morgan fingerprint density at radius 1 is 1.29 bits per heavy atom. The molecule has 0 aliphatic carbocycles. The highest BCUT2D eigenvalue weighted by Gasteiger charge is 2.34. The number of hydrogen-bond donors (Lipinski definition) is 0. The molecule has 0 N–H and O–H groups in total. The summed E-state index contributed by atoms with van der Waals surface area (Å²) in [6.07, 6.45) is 3.17. The van der Waals surface area contributed by atoms with Gasteiger partial charge in [0.15, 0.2) is 0 Å². The van der Waals surface area contributed by atoms with Crippen molar-refractivity contribution in [2.75, 3.05) is 20.8 Å². The largest absolute Gasteiger partial charge is 0.497 e. The zero-order chi connectivity index (χ0) is 15.4. The van der Waals surface area contributed by atoms with Gasteiger partial charge < -0.3 is 9.47 Å². The molecule has 6 heteroatoms. The fourth-order valence-electron chi connectivity index (χ4n) is 1.87. The second kappa shape index (κ2) is 6.49. The highest BCUT2D eigenvalue weighted by atomic mass is 32.2. The molecular formula is C15H15NO4S. The highest BCUT2D eigenvalue weighted by Crippen LogP contribution is 2.34. The third kappa shape index (κ3) is 3.11. The van der Waals surface area contributed by atoms with E-state index in [0.717, 1.165) is 16.7 Å². The second-order valence-corrected chi connectivity index (χ2v) is 5.18. The molecule has 21 heavy (non-hydrogen) atoms. The van der Waals surface area contributed by atoms with Crippen LogP contribution in [-0.4, -0.2) is 36.8 Å². The molecule has 2 amide bonds. The Labute approximate surface area is 127 Å². The van der Waals surface area contributed by atoms with Crippen LogP contribution in [0.25, 0.3) is 6.08 Å². The van der Waals surface area contributed by atoms with Crippen LogP contribution in [0.2, 0.25) is 0 Å². The summed E-state index contributed by atoms with van der Waals surface area (Å²) in [4.78, 5) is 25.4. The number of benzene rings is 1. The molecule has 1 heterocycles. The fraction of sp³-hybridized carbons (Fsp3) is 0.200. The molecule has 0 aromatic heterocycles. The Morgan fingerprint density at radius 3 is 2.67 bits per heavy atom. The monoisotopic (exact) mass is 305 g/mol. The number of carbonyl (C=O) groups is 2. The van der Waals surface area contributed by atoms with Crippen molar-refractivity contribution in [3.05, 3.63) is 41.3 Å². The molecule has 2 rings (SSSR count). The molecule has 1 aromatic carbocycles. The van der Waals surface area contributed by atoms with Crippen LogP contribution in [0.15, 0.2) is 35.8 Å². The van der Waals surface area contributed by atoms with E-state index in [1.165, 1.54) is 13.2 Å². The molecule has 5 nitrogen and oxygen atoms in total. The molecule has 1 aliphatic heterocycles. The van der Waals surface area contributed by atoms with Gasteiger partial charge in [-0.15, -0.1) is 6.58 Å². The van der Waals surface area contributed by atoms with E-state index in [4.69, 9.17) is 9.47 Å². The lowest BCUT2D eigenvalue weighted by Crippen LogP contribution is -2.27. The lowest BCUT2D eigenvalue weighted by Gasteiger charge is -2.09. The van der Waals surface area contributed by atoms with E-state index >= 15 is 0 Å². The Morgan fingerprint density at radius 2 is 2.05 bits per heavy atom. The van der Waals surface area contributed by atoms with Crippen LogP contribution < -0.4 is 9.47 Å². The van der Waals surface area contributed by atoms with Gasteiger partial charge in [0.1, 0.15) is 11.5 Å². The Bertz CT molecular complexity index is 624. The van der Waals surface area contributed by atoms with E-state index in [2.05, 4.69) is 6.58 Å². The normalized spacial score (nSPS) is 16.5. The van der Waals surface area contributed by atoms with Crippen LogP contribution in [0.4, 0.5) is 4.79 Å². The van der Waals surface area contributed by atoms with Gasteiger partial charge in [0.05, 0.1) is 19.1 Å². The van der Waals surface area contributed by atoms with Crippen molar-refractivity contribution in [1.82, 2.24) is 4.90 Å². The third-order valence-corrected chi connectivity index (χ3v) is 3.82. The van der Waals surface area contributed by atoms with Crippen molar-refractivity contribution in [3.8, 4) is 11.5 Å². The van der Waals surface area contributed by atoms with Crippen LogP contribution in [0, 0.1) is 0 Å². The highest BCUT2D eigenvalue weighted by molar-refractivity contribution is 8.18. The van der Waals surface area contributed by atoms with Gasteiger partial charge >= 0.3 is 0 Å². The van der Waals surface area contributed by atoms with Crippen molar-refractivity contribution in [3.63, 3.8) is 0 Å². The first kappa shape index (κ1) is 15.2. The number of amides is 2. The molecule has 0 saturated carbocycles. The van der Waals surface area contributed by atoms with Crippen LogP contribution in [0.5, 0.6) is 11.5 Å². The Kier molecular flexibility index (Phi) is 4.70. The fourth-order valence-corrected chi connectivity index (χ4v) is 2.70. The number of carbonyl (C=O) groups excluding carboxylic acids is 2. The minimum absolute atomic E-state index is 0.210. The number of rotatable bonds is 5. The number of methoxy groups -OCH3 is 2. The number of nitrogens with zero attached hydrogens (tertiary/aromatic N) is 1. The van der Waals surface area contributed by atoms with E-state index in [1.807, 2.05) is 0 Å². The van der Waals surface area contributed by atoms with Crippen LogP contribution in [-0.2, 0) is 4.79 Å². The smallest absolute Gasteiger partial charge is 0.293 e.